The fourth-order valence-corrected chi connectivity index (χ4v) is 1.99. The van der Waals surface area contributed by atoms with E-state index in [0.717, 1.165) is 13.0 Å². The van der Waals surface area contributed by atoms with Gasteiger partial charge >= 0.3 is 0 Å². The van der Waals surface area contributed by atoms with Crippen LogP contribution in [0.2, 0.25) is 0 Å². The fraction of sp³-hybridized carbons (Fsp3) is 1.00. The lowest BCUT2D eigenvalue weighted by atomic mass is 10.1. The summed E-state index contributed by atoms with van der Waals surface area (Å²) in [7, 11) is 1.00. The van der Waals surface area contributed by atoms with E-state index in [1.54, 1.807) is 12.8 Å². The second kappa shape index (κ2) is 2.70. The zero-order valence-corrected chi connectivity index (χ0v) is 6.30. The van der Waals surface area contributed by atoms with E-state index >= 15 is 0 Å². The molecule has 54 valence electrons. The Morgan fingerprint density at radius 1 is 1.22 bits per heavy atom. The first-order valence-electron chi connectivity index (χ1n) is 3.82. The summed E-state index contributed by atoms with van der Waals surface area (Å²) in [6.45, 7) is 2.40. The molecule has 2 aliphatic carbocycles. The molecule has 2 saturated carbocycles. The lowest BCUT2D eigenvalue weighted by Crippen LogP contribution is -1.88. The van der Waals surface area contributed by atoms with E-state index < -0.39 is 0 Å². The molecular formula is C8H16O. The van der Waals surface area contributed by atoms with Gasteiger partial charge in [0.15, 0.2) is 0 Å². The quantitative estimate of drug-likeness (QED) is 0.526. The van der Waals surface area contributed by atoms with E-state index in [1.165, 1.54) is 18.3 Å². The van der Waals surface area contributed by atoms with E-state index in [2.05, 4.69) is 6.92 Å². The van der Waals surface area contributed by atoms with Crippen LogP contribution < -0.4 is 0 Å². The third-order valence-electron chi connectivity index (χ3n) is 2.70. The molecule has 0 heterocycles. The molecular weight excluding hydrogens is 112 g/mol. The average Bonchev–Trinajstić information content (AvgIpc) is 2.61. The third kappa shape index (κ3) is 1.26. The van der Waals surface area contributed by atoms with Crippen molar-refractivity contribution >= 4 is 0 Å². The molecule has 0 amide bonds. The third-order valence-corrected chi connectivity index (χ3v) is 2.70. The fourth-order valence-electron chi connectivity index (χ4n) is 1.99. The Hall–Kier alpha value is -0.0400. The topological polar surface area (TPSA) is 20.2 Å². The van der Waals surface area contributed by atoms with Gasteiger partial charge in [-0.1, -0.05) is 13.3 Å². The van der Waals surface area contributed by atoms with Crippen LogP contribution in [0.3, 0.4) is 0 Å². The van der Waals surface area contributed by atoms with Crippen molar-refractivity contribution in [3.8, 4) is 0 Å². The smallest absolute Gasteiger partial charge is 0.0319 e. The van der Waals surface area contributed by atoms with Crippen molar-refractivity contribution in [3.63, 3.8) is 0 Å². The molecule has 0 aromatic rings. The minimum atomic E-state index is 1.00. The predicted octanol–water partition coefficient (Wildman–Crippen LogP) is 1.66. The zero-order valence-electron chi connectivity index (χ0n) is 6.30. The number of aliphatic hydroxyl groups is 1. The van der Waals surface area contributed by atoms with E-state index in [4.69, 9.17) is 5.11 Å². The Morgan fingerprint density at radius 3 is 2.00 bits per heavy atom. The number of aliphatic hydroxyl groups excluding tert-OH is 1. The van der Waals surface area contributed by atoms with E-state index in [1.807, 2.05) is 0 Å². The molecule has 2 rings (SSSR count). The first kappa shape index (κ1) is 7.07. The van der Waals surface area contributed by atoms with Crippen LogP contribution in [0.15, 0.2) is 0 Å². The average molecular weight is 128 g/mol. The van der Waals surface area contributed by atoms with Gasteiger partial charge in [-0.2, -0.15) is 0 Å². The molecule has 1 N–H and O–H groups in total. The van der Waals surface area contributed by atoms with Crippen LogP contribution in [0, 0.1) is 17.8 Å². The molecule has 0 bridgehead atoms. The molecule has 3 atom stereocenters. The monoisotopic (exact) mass is 128 g/mol. The lowest BCUT2D eigenvalue weighted by molar-refractivity contribution is 0.399. The highest BCUT2D eigenvalue weighted by Crippen LogP contribution is 2.54. The summed E-state index contributed by atoms with van der Waals surface area (Å²) < 4.78 is 0. The van der Waals surface area contributed by atoms with Crippen molar-refractivity contribution in [1.82, 2.24) is 0 Å². The summed E-state index contributed by atoms with van der Waals surface area (Å²) >= 11 is 0. The van der Waals surface area contributed by atoms with Gasteiger partial charge in [-0.25, -0.2) is 0 Å². The maximum Gasteiger partial charge on any atom is 0.0319 e. The van der Waals surface area contributed by atoms with Crippen molar-refractivity contribution in [2.24, 2.45) is 17.8 Å². The molecule has 3 unspecified atom stereocenters. The maximum atomic E-state index is 7.00. The number of rotatable bonds is 0. The largest absolute Gasteiger partial charge is 0.400 e. The minimum Gasteiger partial charge on any atom is -0.400 e. The van der Waals surface area contributed by atoms with Gasteiger partial charge in [-0.05, 0) is 30.6 Å². The van der Waals surface area contributed by atoms with E-state index in [0.29, 0.717) is 0 Å². The van der Waals surface area contributed by atoms with Crippen LogP contribution in [-0.2, 0) is 0 Å². The molecule has 1 heteroatoms. The normalized spacial score (nSPS) is 45.0. The van der Waals surface area contributed by atoms with Crippen molar-refractivity contribution in [2.45, 2.75) is 26.2 Å². The highest BCUT2D eigenvalue weighted by Gasteiger charge is 2.45. The van der Waals surface area contributed by atoms with Crippen LogP contribution in [0.4, 0.5) is 0 Å². The SMILES string of the molecule is CC1CCC2CC12.CO. The summed E-state index contributed by atoms with van der Waals surface area (Å²) in [6.07, 6.45) is 4.64. The van der Waals surface area contributed by atoms with Crippen LogP contribution in [0.1, 0.15) is 26.2 Å². The second-order valence-electron chi connectivity index (χ2n) is 3.21. The van der Waals surface area contributed by atoms with Crippen molar-refractivity contribution in [2.75, 3.05) is 7.11 Å². The Kier molecular flexibility index (Phi) is 2.12. The van der Waals surface area contributed by atoms with E-state index in [9.17, 15) is 0 Å². The Balaban J connectivity index is 0.000000186. The van der Waals surface area contributed by atoms with Crippen LogP contribution in [0.25, 0.3) is 0 Å². The highest BCUT2D eigenvalue weighted by atomic mass is 16.2. The summed E-state index contributed by atoms with van der Waals surface area (Å²) in [6, 6.07) is 0. The van der Waals surface area contributed by atoms with Gasteiger partial charge in [0.2, 0.25) is 0 Å². The molecule has 0 saturated heterocycles. The van der Waals surface area contributed by atoms with Gasteiger partial charge in [0.05, 0.1) is 0 Å². The van der Waals surface area contributed by atoms with Crippen molar-refractivity contribution in [3.05, 3.63) is 0 Å². The zero-order chi connectivity index (χ0) is 6.85. The summed E-state index contributed by atoms with van der Waals surface area (Å²) in [5, 5.41) is 7.00. The Bertz CT molecular complexity index is 90.6. The second-order valence-corrected chi connectivity index (χ2v) is 3.21. The van der Waals surface area contributed by atoms with Gasteiger partial charge in [0, 0.05) is 7.11 Å². The molecule has 0 aromatic carbocycles. The predicted molar refractivity (Wildman–Crippen MR) is 38.1 cm³/mol. The van der Waals surface area contributed by atoms with Gasteiger partial charge in [-0.3, -0.25) is 0 Å². The molecule has 0 aromatic heterocycles. The Labute approximate surface area is 57.1 Å². The lowest BCUT2D eigenvalue weighted by Gasteiger charge is -1.98. The number of fused-ring (bicyclic) bond motifs is 1. The van der Waals surface area contributed by atoms with Crippen LogP contribution in [-0.4, -0.2) is 12.2 Å². The van der Waals surface area contributed by atoms with Gasteiger partial charge in [-0.15, -0.1) is 0 Å². The standard InChI is InChI=1S/C7H12.CH4O/c1-5-2-3-6-4-7(5)6;1-2/h5-7H,2-4H2,1H3;2H,1H3. The maximum absolute atomic E-state index is 7.00. The number of hydrogen-bond donors (Lipinski definition) is 1. The van der Waals surface area contributed by atoms with Gasteiger partial charge in [0.1, 0.15) is 0 Å². The van der Waals surface area contributed by atoms with Crippen molar-refractivity contribution < 1.29 is 5.11 Å². The number of hydrogen-bond acceptors (Lipinski definition) is 1. The van der Waals surface area contributed by atoms with Crippen molar-refractivity contribution in [1.29, 1.82) is 0 Å². The molecule has 2 fully saturated rings. The minimum absolute atomic E-state index is 1.00. The molecule has 0 spiro atoms. The van der Waals surface area contributed by atoms with E-state index in [-0.39, 0.29) is 0 Å². The Morgan fingerprint density at radius 2 is 1.89 bits per heavy atom. The molecule has 2 aliphatic rings. The molecule has 0 radical (unpaired) electrons. The molecule has 9 heavy (non-hydrogen) atoms. The first-order chi connectivity index (χ1) is 4.38. The van der Waals surface area contributed by atoms with Gasteiger partial charge < -0.3 is 5.11 Å². The summed E-state index contributed by atoms with van der Waals surface area (Å²) in [5.41, 5.74) is 0. The summed E-state index contributed by atoms with van der Waals surface area (Å²) in [4.78, 5) is 0. The van der Waals surface area contributed by atoms with Gasteiger partial charge in [0.25, 0.3) is 0 Å². The molecule has 1 nitrogen and oxygen atoms in total. The summed E-state index contributed by atoms with van der Waals surface area (Å²) in [5.74, 6) is 3.46. The van der Waals surface area contributed by atoms with Crippen LogP contribution >= 0.6 is 0 Å². The van der Waals surface area contributed by atoms with Crippen LogP contribution in [0.5, 0.6) is 0 Å². The highest BCUT2D eigenvalue weighted by molar-refractivity contribution is 4.95. The first-order valence-corrected chi connectivity index (χ1v) is 3.82. The molecule has 0 aliphatic heterocycles.